The third-order valence-electron chi connectivity index (χ3n) is 2.62. The van der Waals surface area contributed by atoms with Gasteiger partial charge in [-0.25, -0.2) is 0 Å². The number of aliphatic carboxylic acids is 1. The maximum Gasteiger partial charge on any atom is 0.305 e. The van der Waals surface area contributed by atoms with Gasteiger partial charge >= 0.3 is 5.97 Å². The number of piperidine rings is 1. The van der Waals surface area contributed by atoms with Crippen molar-refractivity contribution in [3.63, 3.8) is 0 Å². The smallest absolute Gasteiger partial charge is 0.305 e. The number of amides is 1. The summed E-state index contributed by atoms with van der Waals surface area (Å²) in [5, 5.41) is 14.2. The van der Waals surface area contributed by atoms with Crippen molar-refractivity contribution in [3.8, 4) is 0 Å². The Morgan fingerprint density at radius 1 is 1.53 bits per heavy atom. The first-order chi connectivity index (χ1) is 7.09. The number of rotatable bonds is 4. The second kappa shape index (κ2) is 5.70. The summed E-state index contributed by atoms with van der Waals surface area (Å²) < 4.78 is 0. The average molecular weight is 214 g/mol. The molecule has 1 amide bonds. The van der Waals surface area contributed by atoms with Crippen molar-refractivity contribution in [3.05, 3.63) is 0 Å². The first-order valence-electron chi connectivity index (χ1n) is 5.32. The molecule has 3 N–H and O–H groups in total. The lowest BCUT2D eigenvalue weighted by Gasteiger charge is -2.27. The van der Waals surface area contributed by atoms with E-state index in [1.807, 2.05) is 0 Å². The summed E-state index contributed by atoms with van der Waals surface area (Å²) in [4.78, 5) is 21.8. The highest BCUT2D eigenvalue weighted by atomic mass is 16.4. The Balaban J connectivity index is 2.24. The van der Waals surface area contributed by atoms with Crippen molar-refractivity contribution in [2.24, 2.45) is 5.92 Å². The van der Waals surface area contributed by atoms with E-state index >= 15 is 0 Å². The Labute approximate surface area is 89.2 Å². The van der Waals surface area contributed by atoms with E-state index in [9.17, 15) is 9.59 Å². The number of carbonyl (C=O) groups is 2. The highest BCUT2D eigenvalue weighted by Gasteiger charge is 2.23. The number of hydrogen-bond donors (Lipinski definition) is 3. The van der Waals surface area contributed by atoms with Gasteiger partial charge in [-0.2, -0.15) is 0 Å². The van der Waals surface area contributed by atoms with E-state index in [-0.39, 0.29) is 24.9 Å². The zero-order chi connectivity index (χ0) is 11.3. The molecular weight excluding hydrogens is 196 g/mol. The molecule has 2 atom stereocenters. The van der Waals surface area contributed by atoms with Crippen LogP contribution in [0.25, 0.3) is 0 Å². The van der Waals surface area contributed by atoms with Crippen molar-refractivity contribution < 1.29 is 14.7 Å². The van der Waals surface area contributed by atoms with Gasteiger partial charge in [0, 0.05) is 6.54 Å². The van der Waals surface area contributed by atoms with Crippen LogP contribution in [0.1, 0.15) is 26.2 Å². The van der Waals surface area contributed by atoms with E-state index in [2.05, 4.69) is 17.6 Å². The van der Waals surface area contributed by atoms with Gasteiger partial charge in [0.15, 0.2) is 0 Å². The lowest BCUT2D eigenvalue weighted by Crippen LogP contribution is -2.48. The molecule has 0 aromatic carbocycles. The van der Waals surface area contributed by atoms with Crippen LogP contribution >= 0.6 is 0 Å². The predicted molar refractivity (Wildman–Crippen MR) is 55.5 cm³/mol. The van der Waals surface area contributed by atoms with Crippen LogP contribution < -0.4 is 10.6 Å². The van der Waals surface area contributed by atoms with Gasteiger partial charge in [0.2, 0.25) is 5.91 Å². The third kappa shape index (κ3) is 4.29. The molecule has 5 heteroatoms. The van der Waals surface area contributed by atoms with Crippen molar-refractivity contribution in [1.82, 2.24) is 10.6 Å². The van der Waals surface area contributed by atoms with E-state index in [4.69, 9.17) is 5.11 Å². The van der Waals surface area contributed by atoms with E-state index in [0.29, 0.717) is 5.92 Å². The van der Waals surface area contributed by atoms with Gasteiger partial charge in [-0.05, 0) is 25.3 Å². The van der Waals surface area contributed by atoms with E-state index in [1.54, 1.807) is 0 Å². The Morgan fingerprint density at radius 3 is 2.87 bits per heavy atom. The summed E-state index contributed by atoms with van der Waals surface area (Å²) in [5.41, 5.74) is 0. The second-order valence-electron chi connectivity index (χ2n) is 4.07. The molecule has 15 heavy (non-hydrogen) atoms. The summed E-state index contributed by atoms with van der Waals surface area (Å²) in [6.07, 6.45) is 1.91. The number of carboxylic acid groups (broad SMARTS) is 1. The van der Waals surface area contributed by atoms with Crippen LogP contribution in [-0.4, -0.2) is 36.1 Å². The van der Waals surface area contributed by atoms with Crippen LogP contribution in [0.2, 0.25) is 0 Å². The quantitative estimate of drug-likeness (QED) is 0.614. The molecule has 1 fully saturated rings. The van der Waals surface area contributed by atoms with E-state index in [1.165, 1.54) is 0 Å². The van der Waals surface area contributed by atoms with Crippen LogP contribution in [-0.2, 0) is 9.59 Å². The SMILES string of the molecule is CC1CCNC(C(=O)NCCC(=O)O)C1. The highest BCUT2D eigenvalue weighted by Crippen LogP contribution is 2.14. The molecule has 1 rings (SSSR count). The highest BCUT2D eigenvalue weighted by molar-refractivity contribution is 5.82. The normalized spacial score (nSPS) is 25.9. The molecule has 1 aliphatic rings. The second-order valence-corrected chi connectivity index (χ2v) is 4.07. The van der Waals surface area contributed by atoms with Crippen LogP contribution in [0.3, 0.4) is 0 Å². The first-order valence-corrected chi connectivity index (χ1v) is 5.32. The molecule has 0 bridgehead atoms. The fourth-order valence-corrected chi connectivity index (χ4v) is 1.72. The van der Waals surface area contributed by atoms with Gasteiger partial charge in [0.1, 0.15) is 0 Å². The van der Waals surface area contributed by atoms with Crippen molar-refractivity contribution in [1.29, 1.82) is 0 Å². The minimum Gasteiger partial charge on any atom is -0.481 e. The molecule has 0 saturated carbocycles. The Morgan fingerprint density at radius 2 is 2.27 bits per heavy atom. The Hall–Kier alpha value is -1.10. The monoisotopic (exact) mass is 214 g/mol. The molecule has 86 valence electrons. The molecule has 0 aliphatic carbocycles. The van der Waals surface area contributed by atoms with Crippen LogP contribution in [0.15, 0.2) is 0 Å². The topological polar surface area (TPSA) is 78.4 Å². The molecule has 0 aromatic heterocycles. The van der Waals surface area contributed by atoms with Gasteiger partial charge in [-0.1, -0.05) is 6.92 Å². The molecule has 0 spiro atoms. The van der Waals surface area contributed by atoms with E-state index < -0.39 is 5.97 Å². The molecular formula is C10H18N2O3. The molecule has 2 unspecified atom stereocenters. The van der Waals surface area contributed by atoms with Crippen LogP contribution in [0.4, 0.5) is 0 Å². The van der Waals surface area contributed by atoms with Gasteiger partial charge in [-0.3, -0.25) is 9.59 Å². The maximum absolute atomic E-state index is 11.6. The summed E-state index contributed by atoms with van der Waals surface area (Å²) in [6, 6.07) is -0.150. The fraction of sp³-hybridized carbons (Fsp3) is 0.800. The zero-order valence-corrected chi connectivity index (χ0v) is 8.95. The standard InChI is InChI=1S/C10H18N2O3/c1-7-2-4-11-8(6-7)10(15)12-5-3-9(13)14/h7-8,11H,2-6H2,1H3,(H,12,15)(H,13,14). The fourth-order valence-electron chi connectivity index (χ4n) is 1.72. The molecule has 1 aliphatic heterocycles. The zero-order valence-electron chi connectivity index (χ0n) is 8.95. The molecule has 0 aromatic rings. The van der Waals surface area contributed by atoms with Gasteiger partial charge in [0.25, 0.3) is 0 Å². The van der Waals surface area contributed by atoms with Gasteiger partial charge in [-0.15, -0.1) is 0 Å². The van der Waals surface area contributed by atoms with Gasteiger partial charge in [0.05, 0.1) is 12.5 Å². The molecule has 0 radical (unpaired) electrons. The van der Waals surface area contributed by atoms with Gasteiger partial charge < -0.3 is 15.7 Å². The first kappa shape index (κ1) is 12.0. The summed E-state index contributed by atoms with van der Waals surface area (Å²) in [6.45, 7) is 3.19. The summed E-state index contributed by atoms with van der Waals surface area (Å²) in [7, 11) is 0. The molecule has 1 saturated heterocycles. The average Bonchev–Trinajstić information content (AvgIpc) is 2.17. The molecule has 5 nitrogen and oxygen atoms in total. The Bertz CT molecular complexity index is 243. The van der Waals surface area contributed by atoms with Crippen LogP contribution in [0, 0.1) is 5.92 Å². The number of nitrogens with one attached hydrogen (secondary N) is 2. The number of hydrogen-bond acceptors (Lipinski definition) is 3. The number of carbonyl (C=O) groups excluding carboxylic acids is 1. The Kier molecular flexibility index (Phi) is 4.55. The minimum atomic E-state index is -0.889. The van der Waals surface area contributed by atoms with Crippen molar-refractivity contribution in [2.45, 2.75) is 32.2 Å². The van der Waals surface area contributed by atoms with Crippen LogP contribution in [0.5, 0.6) is 0 Å². The third-order valence-corrected chi connectivity index (χ3v) is 2.62. The number of carboxylic acids is 1. The van der Waals surface area contributed by atoms with E-state index in [0.717, 1.165) is 19.4 Å². The minimum absolute atomic E-state index is 0.0198. The lowest BCUT2D eigenvalue weighted by atomic mass is 9.94. The van der Waals surface area contributed by atoms with Crippen molar-refractivity contribution in [2.75, 3.05) is 13.1 Å². The summed E-state index contributed by atoms with van der Waals surface area (Å²) in [5.74, 6) is -0.412. The van der Waals surface area contributed by atoms with Crippen molar-refractivity contribution >= 4 is 11.9 Å². The predicted octanol–water partition coefficient (Wildman–Crippen LogP) is -0.0346. The largest absolute Gasteiger partial charge is 0.481 e. The molecule has 1 heterocycles. The summed E-state index contributed by atoms with van der Waals surface area (Å²) >= 11 is 0. The lowest BCUT2D eigenvalue weighted by molar-refractivity contribution is -0.137. The maximum atomic E-state index is 11.6.